The monoisotopic (exact) mass is 230 g/mol. The largest absolute Gasteiger partial charge is 0.369 e. The van der Waals surface area contributed by atoms with Crippen LogP contribution in [0.3, 0.4) is 0 Å². The van der Waals surface area contributed by atoms with E-state index in [0.29, 0.717) is 0 Å². The standard InChI is InChI=1S/C10H22N4O2/c1-6(2)14(5-9(11)15)8(4)7(3)10(16)13-12/h6-8H,5,12H2,1-4H3,(H2,11,15)(H,13,16). The van der Waals surface area contributed by atoms with Gasteiger partial charge in [0.25, 0.3) is 0 Å². The van der Waals surface area contributed by atoms with Crippen LogP contribution in [0.2, 0.25) is 0 Å². The lowest BCUT2D eigenvalue weighted by Crippen LogP contribution is -2.50. The summed E-state index contributed by atoms with van der Waals surface area (Å²) in [5, 5.41) is 0. The molecule has 2 atom stereocenters. The van der Waals surface area contributed by atoms with E-state index in [0.717, 1.165) is 0 Å². The second-order valence-electron chi connectivity index (χ2n) is 4.27. The summed E-state index contributed by atoms with van der Waals surface area (Å²) in [6.45, 7) is 7.69. The van der Waals surface area contributed by atoms with Gasteiger partial charge in [-0.15, -0.1) is 0 Å². The predicted molar refractivity (Wildman–Crippen MR) is 62.0 cm³/mol. The molecule has 0 rings (SSSR count). The topological polar surface area (TPSA) is 101 Å². The van der Waals surface area contributed by atoms with E-state index in [-0.39, 0.29) is 30.5 Å². The number of carbonyl (C=O) groups is 2. The summed E-state index contributed by atoms with van der Waals surface area (Å²) in [5.74, 6) is 4.13. The van der Waals surface area contributed by atoms with E-state index in [1.54, 1.807) is 6.92 Å². The molecule has 0 radical (unpaired) electrons. The van der Waals surface area contributed by atoms with Crippen molar-refractivity contribution in [3.05, 3.63) is 0 Å². The van der Waals surface area contributed by atoms with E-state index in [4.69, 9.17) is 11.6 Å². The van der Waals surface area contributed by atoms with Crippen molar-refractivity contribution in [2.24, 2.45) is 17.5 Å². The fraction of sp³-hybridized carbons (Fsp3) is 0.800. The lowest BCUT2D eigenvalue weighted by atomic mass is 10.00. The number of nitrogens with two attached hydrogens (primary N) is 2. The summed E-state index contributed by atoms with van der Waals surface area (Å²) in [6, 6.07) is 0.0339. The van der Waals surface area contributed by atoms with Crippen LogP contribution in [-0.2, 0) is 9.59 Å². The van der Waals surface area contributed by atoms with Crippen molar-refractivity contribution < 1.29 is 9.59 Å². The van der Waals surface area contributed by atoms with Crippen LogP contribution in [0.25, 0.3) is 0 Å². The maximum absolute atomic E-state index is 11.4. The molecule has 6 nitrogen and oxygen atoms in total. The highest BCUT2D eigenvalue weighted by Gasteiger charge is 2.27. The van der Waals surface area contributed by atoms with Crippen molar-refractivity contribution in [2.45, 2.75) is 39.8 Å². The normalized spacial score (nSPS) is 14.9. The number of hydrogen-bond donors (Lipinski definition) is 3. The van der Waals surface area contributed by atoms with Crippen LogP contribution in [0.5, 0.6) is 0 Å². The molecule has 94 valence electrons. The smallest absolute Gasteiger partial charge is 0.238 e. The lowest BCUT2D eigenvalue weighted by Gasteiger charge is -2.34. The number of carbonyl (C=O) groups excluding carboxylic acids is 2. The molecule has 0 bridgehead atoms. The number of rotatable bonds is 6. The second kappa shape index (κ2) is 6.44. The van der Waals surface area contributed by atoms with Crippen molar-refractivity contribution in [1.29, 1.82) is 0 Å². The molecule has 0 aliphatic carbocycles. The molecule has 0 saturated heterocycles. The van der Waals surface area contributed by atoms with Crippen molar-refractivity contribution in [1.82, 2.24) is 10.3 Å². The minimum Gasteiger partial charge on any atom is -0.369 e. The van der Waals surface area contributed by atoms with Crippen molar-refractivity contribution in [2.75, 3.05) is 6.54 Å². The van der Waals surface area contributed by atoms with Gasteiger partial charge in [0.15, 0.2) is 0 Å². The zero-order chi connectivity index (χ0) is 12.9. The van der Waals surface area contributed by atoms with Crippen LogP contribution in [0, 0.1) is 5.92 Å². The Labute approximate surface area is 96.3 Å². The summed E-state index contributed by atoms with van der Waals surface area (Å²) >= 11 is 0. The quantitative estimate of drug-likeness (QED) is 0.316. The lowest BCUT2D eigenvalue weighted by molar-refractivity contribution is -0.128. The Morgan fingerprint density at radius 1 is 1.25 bits per heavy atom. The number of primary amides is 1. The summed E-state index contributed by atoms with van der Waals surface area (Å²) in [4.78, 5) is 24.2. The molecule has 0 aromatic rings. The fourth-order valence-electron chi connectivity index (χ4n) is 1.61. The first-order valence-electron chi connectivity index (χ1n) is 5.35. The van der Waals surface area contributed by atoms with E-state index < -0.39 is 5.91 Å². The first-order valence-corrected chi connectivity index (χ1v) is 5.35. The second-order valence-corrected chi connectivity index (χ2v) is 4.27. The zero-order valence-corrected chi connectivity index (χ0v) is 10.4. The highest BCUT2D eigenvalue weighted by atomic mass is 16.2. The predicted octanol–water partition coefficient (Wildman–Crippen LogP) is -0.803. The van der Waals surface area contributed by atoms with Crippen LogP contribution in [0.1, 0.15) is 27.7 Å². The summed E-state index contributed by atoms with van der Waals surface area (Å²) < 4.78 is 0. The summed E-state index contributed by atoms with van der Waals surface area (Å²) in [7, 11) is 0. The molecular weight excluding hydrogens is 208 g/mol. The average molecular weight is 230 g/mol. The molecule has 2 unspecified atom stereocenters. The third kappa shape index (κ3) is 4.16. The molecule has 0 heterocycles. The maximum atomic E-state index is 11.4. The minimum absolute atomic E-state index is 0.101. The molecular formula is C10H22N4O2. The number of hydrazine groups is 1. The first-order chi connectivity index (χ1) is 7.31. The van der Waals surface area contributed by atoms with Gasteiger partial charge in [-0.2, -0.15) is 0 Å². The van der Waals surface area contributed by atoms with Gasteiger partial charge in [0.05, 0.1) is 12.5 Å². The van der Waals surface area contributed by atoms with Crippen LogP contribution in [0.4, 0.5) is 0 Å². The molecule has 16 heavy (non-hydrogen) atoms. The van der Waals surface area contributed by atoms with E-state index in [2.05, 4.69) is 5.43 Å². The van der Waals surface area contributed by atoms with Crippen LogP contribution >= 0.6 is 0 Å². The van der Waals surface area contributed by atoms with Gasteiger partial charge in [0.1, 0.15) is 0 Å². The molecule has 0 saturated carbocycles. The SMILES string of the molecule is CC(C(=O)NN)C(C)N(CC(N)=O)C(C)C. The Morgan fingerprint density at radius 3 is 2.06 bits per heavy atom. The van der Waals surface area contributed by atoms with E-state index >= 15 is 0 Å². The molecule has 0 aliphatic heterocycles. The third-order valence-corrected chi connectivity index (χ3v) is 2.80. The van der Waals surface area contributed by atoms with Gasteiger partial charge in [0.2, 0.25) is 11.8 Å². The third-order valence-electron chi connectivity index (χ3n) is 2.80. The highest BCUT2D eigenvalue weighted by Crippen LogP contribution is 2.13. The molecule has 0 spiro atoms. The molecule has 0 aliphatic rings. The first kappa shape index (κ1) is 14.9. The molecule has 0 aromatic carbocycles. The van der Waals surface area contributed by atoms with Crippen molar-refractivity contribution >= 4 is 11.8 Å². The Morgan fingerprint density at radius 2 is 1.75 bits per heavy atom. The number of nitrogens with one attached hydrogen (secondary N) is 1. The molecule has 2 amide bonds. The van der Waals surface area contributed by atoms with E-state index in [9.17, 15) is 9.59 Å². The summed E-state index contributed by atoms with van der Waals surface area (Å²) in [5.41, 5.74) is 7.28. The van der Waals surface area contributed by atoms with Gasteiger partial charge in [0, 0.05) is 12.1 Å². The van der Waals surface area contributed by atoms with Gasteiger partial charge in [-0.1, -0.05) is 6.92 Å². The molecule has 0 fully saturated rings. The summed E-state index contributed by atoms with van der Waals surface area (Å²) in [6.07, 6.45) is 0. The number of nitrogens with zero attached hydrogens (tertiary/aromatic N) is 1. The highest BCUT2D eigenvalue weighted by molar-refractivity contribution is 5.79. The van der Waals surface area contributed by atoms with Crippen molar-refractivity contribution in [3.63, 3.8) is 0 Å². The van der Waals surface area contributed by atoms with Crippen molar-refractivity contribution in [3.8, 4) is 0 Å². The van der Waals surface area contributed by atoms with E-state index in [1.807, 2.05) is 25.7 Å². The van der Waals surface area contributed by atoms with Crippen LogP contribution in [0.15, 0.2) is 0 Å². The van der Waals surface area contributed by atoms with Crippen LogP contribution in [-0.4, -0.2) is 35.3 Å². The Kier molecular flexibility index (Phi) is 5.98. The van der Waals surface area contributed by atoms with Gasteiger partial charge in [-0.05, 0) is 20.8 Å². The number of hydrogen-bond acceptors (Lipinski definition) is 4. The van der Waals surface area contributed by atoms with E-state index in [1.165, 1.54) is 0 Å². The molecule has 0 aromatic heterocycles. The average Bonchev–Trinajstić information content (AvgIpc) is 2.22. The number of amides is 2. The maximum Gasteiger partial charge on any atom is 0.238 e. The zero-order valence-electron chi connectivity index (χ0n) is 10.4. The minimum atomic E-state index is -0.402. The Bertz CT molecular complexity index is 255. The van der Waals surface area contributed by atoms with Gasteiger partial charge in [-0.3, -0.25) is 19.9 Å². The van der Waals surface area contributed by atoms with Gasteiger partial charge >= 0.3 is 0 Å². The molecule has 5 N–H and O–H groups in total. The van der Waals surface area contributed by atoms with Crippen LogP contribution < -0.4 is 17.0 Å². The van der Waals surface area contributed by atoms with Gasteiger partial charge < -0.3 is 5.73 Å². The Balaban J connectivity index is 4.66. The Hall–Kier alpha value is -1.14. The fourth-order valence-corrected chi connectivity index (χ4v) is 1.61. The molecule has 6 heteroatoms. The van der Waals surface area contributed by atoms with Gasteiger partial charge in [-0.25, -0.2) is 5.84 Å².